The van der Waals surface area contributed by atoms with E-state index in [9.17, 15) is 22.8 Å². The van der Waals surface area contributed by atoms with Crippen LogP contribution in [0, 0.1) is 0 Å². The van der Waals surface area contributed by atoms with Crippen molar-refractivity contribution in [1.82, 2.24) is 0 Å². The topological polar surface area (TPSA) is 52.6 Å². The molecular weight excluding hydrogens is 416 g/mol. The molecule has 0 aliphatic heterocycles. The summed E-state index contributed by atoms with van der Waals surface area (Å²) in [6.07, 6.45) is -6.14. The normalized spacial score (nSPS) is 10.4. The van der Waals surface area contributed by atoms with E-state index >= 15 is 0 Å². The molecule has 0 atom stereocenters. The van der Waals surface area contributed by atoms with E-state index in [0.717, 1.165) is 4.88 Å². The number of benzene rings is 2. The molecule has 1 radical (unpaired) electrons. The van der Waals surface area contributed by atoms with E-state index in [1.165, 1.54) is 22.3 Å². The number of carbonyl (C=O) groups is 2. The first-order valence-electron chi connectivity index (χ1n) is 8.73. The van der Waals surface area contributed by atoms with Crippen LogP contribution >= 0.6 is 11.3 Å². The molecule has 0 spiro atoms. The van der Waals surface area contributed by atoms with Crippen LogP contribution in [0.5, 0.6) is 0 Å². The Labute approximate surface area is 176 Å². The third-order valence-corrected chi connectivity index (χ3v) is 4.26. The smallest absolute Gasteiger partial charge is 0.460 e. The molecule has 0 unspecified atom stereocenters. The summed E-state index contributed by atoms with van der Waals surface area (Å²) in [5, 5.41) is 1.75. The molecule has 1 aromatic heterocycles. The average Bonchev–Trinajstić information content (AvgIpc) is 3.21. The van der Waals surface area contributed by atoms with Gasteiger partial charge in [-0.2, -0.15) is 0 Å². The minimum Gasteiger partial charge on any atom is -0.460 e. The highest BCUT2D eigenvalue weighted by molar-refractivity contribution is 7.09. The van der Waals surface area contributed by atoms with Crippen LogP contribution in [-0.2, 0) is 25.7 Å². The molecule has 1 heterocycles. The quantitative estimate of drug-likeness (QED) is 0.339. The molecular formula is C21H17BF3O4S. The number of hydrogen-bond donors (Lipinski definition) is 0. The Morgan fingerprint density at radius 1 is 0.833 bits per heavy atom. The van der Waals surface area contributed by atoms with E-state index in [1.54, 1.807) is 17.5 Å². The van der Waals surface area contributed by atoms with Gasteiger partial charge in [-0.1, -0.05) is 77.7 Å². The van der Waals surface area contributed by atoms with E-state index in [1.807, 2.05) is 12.1 Å². The van der Waals surface area contributed by atoms with Crippen molar-refractivity contribution in [3.8, 4) is 0 Å². The Balaban J connectivity index is 0.000000220. The number of ether oxygens (including phenoxy) is 2. The zero-order valence-electron chi connectivity index (χ0n) is 15.7. The van der Waals surface area contributed by atoms with Crippen LogP contribution in [0.25, 0.3) is 0 Å². The summed E-state index contributed by atoms with van der Waals surface area (Å²) >= 11 is 1.32. The number of rotatable bonds is 6. The molecule has 0 aliphatic carbocycles. The summed E-state index contributed by atoms with van der Waals surface area (Å²) in [7, 11) is 2.17. The van der Waals surface area contributed by atoms with E-state index in [-0.39, 0.29) is 6.61 Å². The first-order chi connectivity index (χ1) is 14.3. The van der Waals surface area contributed by atoms with Gasteiger partial charge in [0.05, 0.1) is 0 Å². The SMILES string of the molecule is O=C(CC(=O)OC(F)(F)F)OCc1cccs1.[B](c1ccccc1)c1ccccc1. The van der Waals surface area contributed by atoms with E-state index in [4.69, 9.17) is 0 Å². The van der Waals surface area contributed by atoms with Crippen molar-refractivity contribution in [3.63, 3.8) is 0 Å². The predicted octanol–water partition coefficient (Wildman–Crippen LogP) is 3.59. The highest BCUT2D eigenvalue weighted by Gasteiger charge is 2.34. The first kappa shape index (κ1) is 23.2. The van der Waals surface area contributed by atoms with Crippen LogP contribution in [0.3, 0.4) is 0 Å². The number of esters is 2. The second kappa shape index (κ2) is 11.8. The number of halogens is 3. The summed E-state index contributed by atoms with van der Waals surface area (Å²) in [6.45, 7) is -0.0736. The van der Waals surface area contributed by atoms with Gasteiger partial charge >= 0.3 is 18.3 Å². The monoisotopic (exact) mass is 433 g/mol. The number of alkyl halides is 3. The predicted molar refractivity (Wildman–Crippen MR) is 109 cm³/mol. The second-order valence-electron chi connectivity index (χ2n) is 5.80. The molecule has 0 fully saturated rings. The third kappa shape index (κ3) is 9.93. The zero-order valence-corrected chi connectivity index (χ0v) is 16.5. The summed E-state index contributed by atoms with van der Waals surface area (Å²) in [4.78, 5) is 22.3. The lowest BCUT2D eigenvalue weighted by atomic mass is 9.64. The van der Waals surface area contributed by atoms with Gasteiger partial charge in [-0.15, -0.1) is 24.5 Å². The molecule has 4 nitrogen and oxygen atoms in total. The van der Waals surface area contributed by atoms with Gasteiger partial charge in [0.2, 0.25) is 0 Å². The van der Waals surface area contributed by atoms with E-state index in [0.29, 0.717) is 0 Å². The second-order valence-corrected chi connectivity index (χ2v) is 6.83. The van der Waals surface area contributed by atoms with Gasteiger partial charge in [-0.05, 0) is 11.4 Å². The fourth-order valence-electron chi connectivity index (χ4n) is 2.17. The van der Waals surface area contributed by atoms with Gasteiger partial charge in [0.15, 0.2) is 7.28 Å². The molecule has 155 valence electrons. The van der Waals surface area contributed by atoms with Crippen molar-refractivity contribution >= 4 is 41.5 Å². The maximum atomic E-state index is 11.6. The van der Waals surface area contributed by atoms with Crippen LogP contribution < -0.4 is 10.9 Å². The van der Waals surface area contributed by atoms with Crippen LogP contribution in [0.4, 0.5) is 13.2 Å². The molecule has 0 amide bonds. The van der Waals surface area contributed by atoms with Crippen molar-refractivity contribution in [3.05, 3.63) is 83.1 Å². The molecule has 30 heavy (non-hydrogen) atoms. The summed E-state index contributed by atoms with van der Waals surface area (Å²) < 4.78 is 42.3. The van der Waals surface area contributed by atoms with Crippen LogP contribution in [0.2, 0.25) is 0 Å². The fourth-order valence-corrected chi connectivity index (χ4v) is 2.79. The standard InChI is InChI=1S/C12H10B.C9H7F3O4S/c1-3-7-11(8-4-1)13-12-9-5-2-6-10-12;10-9(11,12)16-8(14)4-7(13)15-5-6-2-1-3-17-6/h1-10H;1-3H,4-5H2. The highest BCUT2D eigenvalue weighted by Crippen LogP contribution is 2.17. The lowest BCUT2D eigenvalue weighted by molar-refractivity contribution is -0.305. The number of hydrogen-bond acceptors (Lipinski definition) is 5. The molecule has 0 N–H and O–H groups in total. The van der Waals surface area contributed by atoms with Gasteiger partial charge in [0.1, 0.15) is 13.0 Å². The lowest BCUT2D eigenvalue weighted by Crippen LogP contribution is -2.26. The van der Waals surface area contributed by atoms with Gasteiger partial charge in [0, 0.05) is 4.88 Å². The fraction of sp³-hybridized carbons (Fsp3) is 0.143. The number of thiophene rings is 1. The molecule has 3 rings (SSSR count). The molecule has 9 heteroatoms. The maximum absolute atomic E-state index is 11.6. The Hall–Kier alpha value is -3.07. The lowest BCUT2D eigenvalue weighted by Gasteiger charge is -2.06. The molecule has 0 saturated carbocycles. The number of carbonyl (C=O) groups excluding carboxylic acids is 2. The first-order valence-corrected chi connectivity index (χ1v) is 9.61. The van der Waals surface area contributed by atoms with E-state index < -0.39 is 24.7 Å². The molecule has 0 aliphatic rings. The van der Waals surface area contributed by atoms with Crippen LogP contribution in [-0.4, -0.2) is 25.6 Å². The Morgan fingerprint density at radius 2 is 1.40 bits per heavy atom. The van der Waals surface area contributed by atoms with Crippen LogP contribution in [0.1, 0.15) is 11.3 Å². The molecule has 0 bridgehead atoms. The Morgan fingerprint density at radius 3 is 1.87 bits per heavy atom. The third-order valence-electron chi connectivity index (χ3n) is 3.41. The highest BCUT2D eigenvalue weighted by atomic mass is 32.1. The maximum Gasteiger partial charge on any atom is 0.575 e. The molecule has 3 aromatic rings. The Kier molecular flexibility index (Phi) is 9.15. The van der Waals surface area contributed by atoms with Gasteiger partial charge in [0.25, 0.3) is 0 Å². The zero-order chi connectivity index (χ0) is 21.8. The van der Waals surface area contributed by atoms with Crippen LogP contribution in [0.15, 0.2) is 78.2 Å². The van der Waals surface area contributed by atoms with Crippen molar-refractivity contribution in [1.29, 1.82) is 0 Å². The molecule has 2 aromatic carbocycles. The van der Waals surface area contributed by atoms with Crippen molar-refractivity contribution in [2.45, 2.75) is 19.4 Å². The van der Waals surface area contributed by atoms with E-state index in [2.05, 4.69) is 65.3 Å². The largest absolute Gasteiger partial charge is 0.575 e. The average molecular weight is 433 g/mol. The van der Waals surface area contributed by atoms with Gasteiger partial charge in [-0.3, -0.25) is 9.59 Å². The molecule has 0 saturated heterocycles. The Bertz CT molecular complexity index is 864. The van der Waals surface area contributed by atoms with Crippen molar-refractivity contribution in [2.24, 2.45) is 0 Å². The minimum absolute atomic E-state index is 0.0736. The summed E-state index contributed by atoms with van der Waals surface area (Å²) in [5.41, 5.74) is 2.49. The van der Waals surface area contributed by atoms with Gasteiger partial charge < -0.3 is 9.47 Å². The van der Waals surface area contributed by atoms with Crippen molar-refractivity contribution in [2.75, 3.05) is 0 Å². The summed E-state index contributed by atoms with van der Waals surface area (Å²) in [5.74, 6) is -2.75. The van der Waals surface area contributed by atoms with Gasteiger partial charge in [-0.25, -0.2) is 0 Å². The minimum atomic E-state index is -5.08. The summed E-state index contributed by atoms with van der Waals surface area (Å²) in [6, 6.07) is 24.1. The van der Waals surface area contributed by atoms with Crippen molar-refractivity contribution < 1.29 is 32.2 Å².